The minimum atomic E-state index is 0.227. The Morgan fingerprint density at radius 2 is 2.10 bits per heavy atom. The van der Waals surface area contributed by atoms with E-state index in [-0.39, 0.29) is 5.78 Å². The number of likely N-dealkylation sites (N-methyl/N-ethyl adjacent to an activating group) is 1. The van der Waals surface area contributed by atoms with Gasteiger partial charge in [0.05, 0.1) is 18.7 Å². The van der Waals surface area contributed by atoms with Crippen LogP contribution in [0, 0.1) is 0 Å². The Balaban J connectivity index is 2.35. The normalized spacial score (nSPS) is 18.1. The van der Waals surface area contributed by atoms with Crippen LogP contribution in [0.3, 0.4) is 0 Å². The van der Waals surface area contributed by atoms with Gasteiger partial charge in [-0.25, -0.2) is 0 Å². The van der Waals surface area contributed by atoms with Gasteiger partial charge in [-0.1, -0.05) is 6.92 Å². The highest BCUT2D eigenvalue weighted by Gasteiger charge is 2.20. The van der Waals surface area contributed by atoms with E-state index in [0.717, 1.165) is 28.7 Å². The van der Waals surface area contributed by atoms with Gasteiger partial charge >= 0.3 is 0 Å². The van der Waals surface area contributed by atoms with Crippen LogP contribution in [0.25, 0.3) is 6.08 Å². The van der Waals surface area contributed by atoms with Crippen LogP contribution < -0.4 is 9.47 Å². The predicted octanol–water partition coefficient (Wildman–Crippen LogP) is 3.14. The Morgan fingerprint density at radius 3 is 2.71 bits per heavy atom. The fraction of sp³-hybridized carbons (Fsp3) is 0.438. The lowest BCUT2D eigenvalue weighted by Crippen LogP contribution is -2.35. The zero-order valence-electron chi connectivity index (χ0n) is 12.6. The van der Waals surface area contributed by atoms with E-state index in [1.807, 2.05) is 18.2 Å². The number of halogens is 1. The molecule has 1 fully saturated rings. The average molecular weight is 354 g/mol. The number of Topliss-reactive ketones (excluding diaryl/α,β-unsaturated/α-hetero) is 1. The third-order valence-corrected chi connectivity index (χ3v) is 4.24. The average Bonchev–Trinajstić information content (AvgIpc) is 2.48. The summed E-state index contributed by atoms with van der Waals surface area (Å²) in [7, 11) is 3.20. The molecular weight excluding hydrogens is 334 g/mol. The topological polar surface area (TPSA) is 38.8 Å². The van der Waals surface area contributed by atoms with Gasteiger partial charge in [-0.05, 0) is 46.2 Å². The van der Waals surface area contributed by atoms with Crippen molar-refractivity contribution < 1.29 is 14.3 Å². The molecule has 1 aromatic carbocycles. The van der Waals surface area contributed by atoms with E-state index in [4.69, 9.17) is 9.47 Å². The van der Waals surface area contributed by atoms with Crippen molar-refractivity contribution in [2.75, 3.05) is 33.9 Å². The molecular formula is C16H20BrNO3. The van der Waals surface area contributed by atoms with E-state index in [1.54, 1.807) is 14.2 Å². The van der Waals surface area contributed by atoms with Gasteiger partial charge in [-0.15, -0.1) is 0 Å². The Kier molecular flexibility index (Phi) is 5.42. The molecule has 1 aliphatic rings. The first kappa shape index (κ1) is 16.0. The van der Waals surface area contributed by atoms with Crippen molar-refractivity contribution in [3.05, 3.63) is 27.7 Å². The van der Waals surface area contributed by atoms with E-state index < -0.39 is 0 Å². The maximum absolute atomic E-state index is 12.1. The monoisotopic (exact) mass is 353 g/mol. The van der Waals surface area contributed by atoms with Crippen molar-refractivity contribution in [2.45, 2.75) is 13.3 Å². The molecule has 1 heterocycles. The summed E-state index contributed by atoms with van der Waals surface area (Å²) in [6, 6.07) is 3.82. The SMILES string of the molecule is CCN1CCC(=O)/C(=C/c2cc(Br)c(OC)c(OC)c2)C1. The molecule has 0 radical (unpaired) electrons. The molecule has 0 aromatic heterocycles. The summed E-state index contributed by atoms with van der Waals surface area (Å²) in [5, 5.41) is 0. The lowest BCUT2D eigenvalue weighted by atomic mass is 10.0. The van der Waals surface area contributed by atoms with Crippen molar-refractivity contribution in [2.24, 2.45) is 0 Å². The molecule has 0 amide bonds. The third kappa shape index (κ3) is 3.66. The summed E-state index contributed by atoms with van der Waals surface area (Å²) in [6.45, 7) is 4.63. The van der Waals surface area contributed by atoms with Gasteiger partial charge in [-0.2, -0.15) is 0 Å². The number of likely N-dealkylation sites (tertiary alicyclic amines) is 1. The summed E-state index contributed by atoms with van der Waals surface area (Å²) < 4.78 is 11.4. The number of benzene rings is 1. The number of rotatable bonds is 4. The van der Waals surface area contributed by atoms with Gasteiger partial charge in [0, 0.05) is 25.1 Å². The second-order valence-electron chi connectivity index (χ2n) is 4.95. The molecule has 21 heavy (non-hydrogen) atoms. The molecule has 0 spiro atoms. The van der Waals surface area contributed by atoms with Crippen LogP contribution in [0.15, 0.2) is 22.2 Å². The molecule has 114 valence electrons. The van der Waals surface area contributed by atoms with Gasteiger partial charge in [0.25, 0.3) is 0 Å². The fourth-order valence-corrected chi connectivity index (χ4v) is 3.07. The zero-order valence-corrected chi connectivity index (χ0v) is 14.2. The first-order valence-electron chi connectivity index (χ1n) is 6.96. The van der Waals surface area contributed by atoms with Crippen molar-refractivity contribution in [1.29, 1.82) is 0 Å². The summed E-state index contributed by atoms with van der Waals surface area (Å²) in [5.41, 5.74) is 1.78. The van der Waals surface area contributed by atoms with Gasteiger partial charge < -0.3 is 9.47 Å². The van der Waals surface area contributed by atoms with E-state index in [9.17, 15) is 4.79 Å². The first-order chi connectivity index (χ1) is 10.1. The molecule has 0 aliphatic carbocycles. The molecule has 2 rings (SSSR count). The smallest absolute Gasteiger partial charge is 0.174 e. The molecule has 0 N–H and O–H groups in total. The Morgan fingerprint density at radius 1 is 1.33 bits per heavy atom. The van der Waals surface area contributed by atoms with E-state index in [2.05, 4.69) is 27.8 Å². The number of carbonyl (C=O) groups is 1. The Bertz CT molecular complexity index is 569. The maximum atomic E-state index is 12.1. The quantitative estimate of drug-likeness (QED) is 0.779. The van der Waals surface area contributed by atoms with Crippen molar-refractivity contribution >= 4 is 27.8 Å². The second kappa shape index (κ2) is 7.09. The van der Waals surface area contributed by atoms with E-state index in [0.29, 0.717) is 24.5 Å². The zero-order chi connectivity index (χ0) is 15.4. The highest BCUT2D eigenvalue weighted by molar-refractivity contribution is 9.10. The first-order valence-corrected chi connectivity index (χ1v) is 7.76. The fourth-order valence-electron chi connectivity index (χ4n) is 2.45. The molecule has 1 aliphatic heterocycles. The molecule has 0 atom stereocenters. The molecule has 5 heteroatoms. The highest BCUT2D eigenvalue weighted by Crippen LogP contribution is 2.37. The number of ketones is 1. The molecule has 0 unspecified atom stereocenters. The predicted molar refractivity (Wildman–Crippen MR) is 87.0 cm³/mol. The van der Waals surface area contributed by atoms with Crippen LogP contribution in [-0.2, 0) is 4.79 Å². The van der Waals surface area contributed by atoms with Gasteiger partial charge in [0.1, 0.15) is 0 Å². The largest absolute Gasteiger partial charge is 0.493 e. The number of carbonyl (C=O) groups excluding carboxylic acids is 1. The lowest BCUT2D eigenvalue weighted by molar-refractivity contribution is -0.117. The molecule has 1 aromatic rings. The number of hydrogen-bond donors (Lipinski definition) is 0. The minimum absolute atomic E-state index is 0.227. The number of ether oxygens (including phenoxy) is 2. The van der Waals surface area contributed by atoms with Gasteiger partial charge in [-0.3, -0.25) is 9.69 Å². The van der Waals surface area contributed by atoms with Gasteiger partial charge in [0.2, 0.25) is 0 Å². The van der Waals surface area contributed by atoms with E-state index in [1.165, 1.54) is 0 Å². The number of hydrogen-bond acceptors (Lipinski definition) is 4. The van der Waals surface area contributed by atoms with Crippen LogP contribution in [0.5, 0.6) is 11.5 Å². The minimum Gasteiger partial charge on any atom is -0.493 e. The number of nitrogens with zero attached hydrogens (tertiary/aromatic N) is 1. The van der Waals surface area contributed by atoms with Crippen molar-refractivity contribution in [3.63, 3.8) is 0 Å². The molecule has 1 saturated heterocycles. The van der Waals surface area contributed by atoms with Gasteiger partial charge in [0.15, 0.2) is 17.3 Å². The highest BCUT2D eigenvalue weighted by atomic mass is 79.9. The second-order valence-corrected chi connectivity index (χ2v) is 5.80. The standard InChI is InChI=1S/C16H20BrNO3/c1-4-18-6-5-14(19)12(10-18)7-11-8-13(17)16(21-3)15(9-11)20-2/h7-9H,4-6,10H2,1-3H3/b12-7+. The number of piperidine rings is 1. The summed E-state index contributed by atoms with van der Waals surface area (Å²) >= 11 is 3.47. The van der Waals surface area contributed by atoms with Crippen LogP contribution in [0.2, 0.25) is 0 Å². The van der Waals surface area contributed by atoms with Crippen LogP contribution in [-0.4, -0.2) is 44.5 Å². The molecule has 0 bridgehead atoms. The van der Waals surface area contributed by atoms with Crippen LogP contribution >= 0.6 is 15.9 Å². The summed E-state index contributed by atoms with van der Waals surface area (Å²) in [6.07, 6.45) is 2.53. The van der Waals surface area contributed by atoms with Crippen molar-refractivity contribution in [1.82, 2.24) is 4.90 Å². The van der Waals surface area contributed by atoms with Crippen LogP contribution in [0.4, 0.5) is 0 Å². The number of methoxy groups -OCH3 is 2. The van der Waals surface area contributed by atoms with E-state index >= 15 is 0 Å². The lowest BCUT2D eigenvalue weighted by Gasteiger charge is -2.26. The summed E-state index contributed by atoms with van der Waals surface area (Å²) in [4.78, 5) is 14.3. The third-order valence-electron chi connectivity index (χ3n) is 3.65. The molecule has 0 saturated carbocycles. The Labute approximate surface area is 133 Å². The van der Waals surface area contributed by atoms with Crippen LogP contribution in [0.1, 0.15) is 18.9 Å². The maximum Gasteiger partial charge on any atom is 0.174 e. The Hall–Kier alpha value is -1.33. The molecule has 4 nitrogen and oxygen atoms in total. The van der Waals surface area contributed by atoms with Crippen molar-refractivity contribution in [3.8, 4) is 11.5 Å². The summed E-state index contributed by atoms with van der Waals surface area (Å²) in [5.74, 6) is 1.53.